The number of benzene rings is 6. The molecule has 8 rings (SSSR count). The molecule has 4 amide bonds. The van der Waals surface area contributed by atoms with E-state index < -0.39 is 58.2 Å². The second-order valence-corrected chi connectivity index (χ2v) is 18.0. The summed E-state index contributed by atoms with van der Waals surface area (Å²) in [5.74, 6) is -2.42. The maximum atomic E-state index is 15.5. The van der Waals surface area contributed by atoms with E-state index in [1.54, 1.807) is 18.2 Å². The highest BCUT2D eigenvalue weighted by molar-refractivity contribution is 8.00. The van der Waals surface area contributed by atoms with Crippen molar-refractivity contribution in [3.63, 3.8) is 0 Å². The highest BCUT2D eigenvalue weighted by Gasteiger charge is 2.52. The molecule has 66 heavy (non-hydrogen) atoms. The first kappa shape index (κ1) is 45.7. The van der Waals surface area contributed by atoms with Crippen LogP contribution in [-0.2, 0) is 39.8 Å². The van der Waals surface area contributed by atoms with Crippen LogP contribution in [0, 0.1) is 0 Å². The Balaban J connectivity index is 1.22. The summed E-state index contributed by atoms with van der Waals surface area (Å²) in [7, 11) is 2.50. The Kier molecular flexibility index (Phi) is 13.9. The summed E-state index contributed by atoms with van der Waals surface area (Å²) in [4.78, 5) is 72.0. The predicted octanol–water partition coefficient (Wildman–Crippen LogP) is 8.24. The topological polar surface area (TPSA) is 143 Å². The zero-order valence-electron chi connectivity index (χ0n) is 36.4. The zero-order chi connectivity index (χ0) is 46.3. The number of fused-ring (bicyclic) bond motifs is 3. The molecule has 2 aliphatic carbocycles. The fourth-order valence-electron chi connectivity index (χ4n) is 8.83. The number of ether oxygens (including phenoxy) is 2. The summed E-state index contributed by atoms with van der Waals surface area (Å²) in [6.07, 6.45) is -0.115. The number of hydrogen-bond acceptors (Lipinski definition) is 8. The number of methoxy groups -OCH3 is 2. The Hall–Kier alpha value is -6.89. The van der Waals surface area contributed by atoms with Gasteiger partial charge in [0.2, 0.25) is 17.7 Å². The quantitative estimate of drug-likeness (QED) is 0.0614. The molecule has 13 heteroatoms. The summed E-state index contributed by atoms with van der Waals surface area (Å²) in [5.41, 5.74) is 5.62. The minimum atomic E-state index is -1.32. The normalized spacial score (nSPS) is 14.3. The van der Waals surface area contributed by atoms with Crippen LogP contribution in [0.3, 0.4) is 0 Å². The number of halogens is 1. The minimum absolute atomic E-state index is 0.00562. The summed E-state index contributed by atoms with van der Waals surface area (Å²) < 4.78 is 9.34. The number of nitrogens with zero attached hydrogens (tertiary/aromatic N) is 1. The van der Waals surface area contributed by atoms with Crippen molar-refractivity contribution >= 4 is 53.1 Å². The Morgan fingerprint density at radius 2 is 1.23 bits per heavy atom. The number of thioether (sulfide) groups is 1. The van der Waals surface area contributed by atoms with Crippen LogP contribution >= 0.6 is 23.4 Å². The first-order valence-corrected chi connectivity index (χ1v) is 23.0. The Labute approximate surface area is 393 Å². The lowest BCUT2D eigenvalue weighted by Gasteiger charge is -2.38. The lowest BCUT2D eigenvalue weighted by atomic mass is 9.84. The van der Waals surface area contributed by atoms with Crippen LogP contribution in [0.15, 0.2) is 164 Å². The van der Waals surface area contributed by atoms with Crippen molar-refractivity contribution in [1.29, 1.82) is 0 Å². The van der Waals surface area contributed by atoms with Gasteiger partial charge in [-0.2, -0.15) is 0 Å². The molecular weight excluding hydrogens is 872 g/mol. The fourth-order valence-corrected chi connectivity index (χ4v) is 10.6. The van der Waals surface area contributed by atoms with Gasteiger partial charge in [-0.25, -0.2) is 4.79 Å². The van der Waals surface area contributed by atoms with Crippen molar-refractivity contribution < 1.29 is 33.4 Å². The molecule has 0 aliphatic heterocycles. The first-order valence-electron chi connectivity index (χ1n) is 21.7. The van der Waals surface area contributed by atoms with Crippen LogP contribution < -0.4 is 16.0 Å². The average molecular weight is 922 g/mol. The molecule has 6 aromatic carbocycles. The zero-order valence-corrected chi connectivity index (χ0v) is 38.0. The SMILES string of the molecule is COC(=O)CNC(=O)C1(NC(=O)[C@@H](CSC(c2ccccc2)(c2ccccc2)c2ccccc2)NC(=O)[C@@H](Cc2cccc(Cl)c2)N(C(=O)OC)C2c3ccccc3-c3ccccc32)CC1. The molecule has 0 spiro atoms. The molecule has 2 aliphatic rings. The lowest BCUT2D eigenvalue weighted by molar-refractivity contribution is -0.141. The van der Waals surface area contributed by atoms with Crippen LogP contribution in [0.5, 0.6) is 0 Å². The maximum Gasteiger partial charge on any atom is 0.410 e. The molecular formula is C53H49ClN4O7S. The molecule has 1 saturated carbocycles. The van der Waals surface area contributed by atoms with Gasteiger partial charge >= 0.3 is 12.1 Å². The van der Waals surface area contributed by atoms with E-state index in [-0.39, 0.29) is 18.7 Å². The number of esters is 1. The Morgan fingerprint density at radius 1 is 0.697 bits per heavy atom. The van der Waals surface area contributed by atoms with E-state index in [0.29, 0.717) is 23.4 Å². The molecule has 0 saturated heterocycles. The molecule has 11 nitrogen and oxygen atoms in total. The largest absolute Gasteiger partial charge is 0.468 e. The van der Waals surface area contributed by atoms with Crippen LogP contribution in [0.25, 0.3) is 11.1 Å². The molecule has 0 unspecified atom stereocenters. The molecule has 3 N–H and O–H groups in total. The van der Waals surface area contributed by atoms with Gasteiger partial charge in [0, 0.05) is 17.2 Å². The highest BCUT2D eigenvalue weighted by atomic mass is 35.5. The van der Waals surface area contributed by atoms with Crippen LogP contribution in [0.2, 0.25) is 5.02 Å². The van der Waals surface area contributed by atoms with E-state index >= 15 is 4.79 Å². The predicted molar refractivity (Wildman–Crippen MR) is 256 cm³/mol. The minimum Gasteiger partial charge on any atom is -0.468 e. The third kappa shape index (κ3) is 9.43. The number of carbonyl (C=O) groups excluding carboxylic acids is 5. The summed E-state index contributed by atoms with van der Waals surface area (Å²) in [6, 6.07) is 49.2. The lowest BCUT2D eigenvalue weighted by Crippen LogP contribution is -2.60. The Morgan fingerprint density at radius 3 is 1.73 bits per heavy atom. The second-order valence-electron chi connectivity index (χ2n) is 16.3. The molecule has 0 heterocycles. The molecule has 0 radical (unpaired) electrons. The number of amides is 4. The van der Waals surface area contributed by atoms with Crippen LogP contribution in [0.1, 0.15) is 52.3 Å². The Bertz CT molecular complexity index is 2580. The third-order valence-electron chi connectivity index (χ3n) is 12.2. The third-order valence-corrected chi connectivity index (χ3v) is 14.1. The van der Waals surface area contributed by atoms with Crippen LogP contribution in [-0.4, -0.2) is 78.8 Å². The summed E-state index contributed by atoms with van der Waals surface area (Å²) in [5, 5.41) is 9.08. The van der Waals surface area contributed by atoms with Gasteiger partial charge in [0.15, 0.2) is 0 Å². The van der Waals surface area contributed by atoms with Gasteiger partial charge in [0.05, 0.1) is 25.0 Å². The molecule has 1 fully saturated rings. The van der Waals surface area contributed by atoms with Gasteiger partial charge < -0.3 is 25.4 Å². The van der Waals surface area contributed by atoms with Gasteiger partial charge in [-0.15, -0.1) is 11.8 Å². The van der Waals surface area contributed by atoms with Gasteiger partial charge in [-0.05, 0) is 69.5 Å². The van der Waals surface area contributed by atoms with Gasteiger partial charge in [0.1, 0.15) is 24.2 Å². The number of rotatable bonds is 17. The van der Waals surface area contributed by atoms with Crippen molar-refractivity contribution in [2.45, 2.75) is 47.7 Å². The number of hydrogen-bond donors (Lipinski definition) is 3. The molecule has 2 atom stereocenters. The van der Waals surface area contributed by atoms with Crippen molar-refractivity contribution in [3.8, 4) is 11.1 Å². The first-order chi connectivity index (χ1) is 32.1. The molecule has 336 valence electrons. The standard InChI is InChI=1S/C53H49ClN4O7S/c1-64-46(59)33-55-50(62)52(29-30-52)57-48(60)44(34-66-53(36-18-6-3-7-19-36,37-20-8-4-9-21-37)38-22-10-5-11-23-38)56-49(61)45(32-35-17-16-24-39(54)31-35)58(51(63)65-2)47-42-27-14-12-25-40(42)41-26-13-15-28-43(41)47/h3-28,31,44-45,47H,29-30,32-34H2,1-2H3,(H,55,62)(H,56,61)(H,57,60)/t44-,45-/m1/s1. The van der Waals surface area contributed by atoms with E-state index in [2.05, 4.69) is 16.0 Å². The van der Waals surface area contributed by atoms with E-state index in [1.807, 2.05) is 146 Å². The van der Waals surface area contributed by atoms with E-state index in [1.165, 1.54) is 30.9 Å². The van der Waals surface area contributed by atoms with Crippen LogP contribution in [0.4, 0.5) is 4.79 Å². The molecule has 6 aromatic rings. The number of carbonyl (C=O) groups is 5. The molecule has 0 bridgehead atoms. The fraction of sp³-hybridized carbons (Fsp3) is 0.226. The highest BCUT2D eigenvalue weighted by Crippen LogP contribution is 2.50. The monoisotopic (exact) mass is 920 g/mol. The number of nitrogens with one attached hydrogen (secondary N) is 3. The average Bonchev–Trinajstić information content (AvgIpc) is 4.07. The molecule has 0 aromatic heterocycles. The summed E-state index contributed by atoms with van der Waals surface area (Å²) >= 11 is 7.98. The van der Waals surface area contributed by atoms with Gasteiger partial charge in [-0.3, -0.25) is 24.1 Å². The van der Waals surface area contributed by atoms with E-state index in [9.17, 15) is 19.2 Å². The van der Waals surface area contributed by atoms with Gasteiger partial charge in [-0.1, -0.05) is 163 Å². The second kappa shape index (κ2) is 20.1. The summed E-state index contributed by atoms with van der Waals surface area (Å²) in [6.45, 7) is -0.376. The maximum absolute atomic E-state index is 15.5. The van der Waals surface area contributed by atoms with Crippen molar-refractivity contribution in [2.24, 2.45) is 0 Å². The van der Waals surface area contributed by atoms with Crippen molar-refractivity contribution in [1.82, 2.24) is 20.9 Å². The van der Waals surface area contributed by atoms with E-state index in [4.69, 9.17) is 21.1 Å². The van der Waals surface area contributed by atoms with Crippen molar-refractivity contribution in [2.75, 3.05) is 26.5 Å². The van der Waals surface area contributed by atoms with Gasteiger partial charge in [0.25, 0.3) is 0 Å². The van der Waals surface area contributed by atoms with Crippen molar-refractivity contribution in [3.05, 3.63) is 202 Å². The smallest absolute Gasteiger partial charge is 0.410 e. The van der Waals surface area contributed by atoms with E-state index in [0.717, 1.165) is 38.9 Å².